The molecule has 0 aromatic heterocycles. The van der Waals surface area contributed by atoms with Gasteiger partial charge in [-0.05, 0) is 26.2 Å². The fourth-order valence-corrected chi connectivity index (χ4v) is 2.71. The van der Waals surface area contributed by atoms with E-state index in [1.807, 2.05) is 32.6 Å². The number of rotatable bonds is 10. The summed E-state index contributed by atoms with van der Waals surface area (Å²) in [6.07, 6.45) is 2.05. The molecule has 6 nitrogen and oxygen atoms in total. The van der Waals surface area contributed by atoms with E-state index in [0.29, 0.717) is 31.7 Å². The van der Waals surface area contributed by atoms with E-state index >= 15 is 0 Å². The molecule has 1 heterocycles. The van der Waals surface area contributed by atoms with E-state index in [1.54, 1.807) is 0 Å². The summed E-state index contributed by atoms with van der Waals surface area (Å²) in [4.78, 5) is 28.0. The van der Waals surface area contributed by atoms with Crippen LogP contribution in [0.3, 0.4) is 0 Å². The molecule has 1 aliphatic rings. The number of hydrogen-bond donors (Lipinski definition) is 1. The first-order valence-electron chi connectivity index (χ1n) is 9.27. The second kappa shape index (κ2) is 11.4. The molecule has 2 amide bonds. The first-order valence-corrected chi connectivity index (χ1v) is 9.27. The van der Waals surface area contributed by atoms with Crippen molar-refractivity contribution in [2.24, 2.45) is 5.92 Å². The Morgan fingerprint density at radius 3 is 2.38 bits per heavy atom. The summed E-state index contributed by atoms with van der Waals surface area (Å²) in [5.41, 5.74) is 0. The third kappa shape index (κ3) is 9.23. The number of hydrogen-bond acceptors (Lipinski definition) is 4. The van der Waals surface area contributed by atoms with Gasteiger partial charge >= 0.3 is 0 Å². The highest BCUT2D eigenvalue weighted by molar-refractivity contribution is 5.77. The van der Waals surface area contributed by atoms with Gasteiger partial charge < -0.3 is 15.0 Å². The summed E-state index contributed by atoms with van der Waals surface area (Å²) in [5.74, 6) is 0.648. The molecular formula is C18H37N3O3. The molecule has 0 unspecified atom stereocenters. The van der Waals surface area contributed by atoms with E-state index in [9.17, 15) is 9.59 Å². The minimum Gasteiger partial charge on any atom is -0.377 e. The van der Waals surface area contributed by atoms with E-state index in [-0.39, 0.29) is 19.3 Å². The molecule has 6 heteroatoms. The van der Waals surface area contributed by atoms with Crippen LogP contribution in [-0.4, -0.2) is 73.6 Å². The molecule has 24 heavy (non-hydrogen) atoms. The van der Waals surface area contributed by atoms with Crippen LogP contribution in [-0.2, 0) is 14.3 Å². The Morgan fingerprint density at radius 1 is 1.12 bits per heavy atom. The molecule has 0 aromatic rings. The summed E-state index contributed by atoms with van der Waals surface area (Å²) < 4.78 is 5.57. The quantitative estimate of drug-likeness (QED) is 0.614. The van der Waals surface area contributed by atoms with Crippen molar-refractivity contribution in [1.82, 2.24) is 15.1 Å². The van der Waals surface area contributed by atoms with Gasteiger partial charge in [0.25, 0.3) is 0 Å². The van der Waals surface area contributed by atoms with Crippen molar-refractivity contribution in [3.8, 4) is 0 Å². The fourth-order valence-electron chi connectivity index (χ4n) is 2.71. The Morgan fingerprint density at radius 2 is 1.79 bits per heavy atom. The van der Waals surface area contributed by atoms with Crippen molar-refractivity contribution in [3.63, 3.8) is 0 Å². The lowest BCUT2D eigenvalue weighted by molar-refractivity contribution is -0.133. The Bertz CT molecular complexity index is 384. The van der Waals surface area contributed by atoms with Gasteiger partial charge in [-0.3, -0.25) is 14.5 Å². The lowest BCUT2D eigenvalue weighted by Gasteiger charge is -2.34. The summed E-state index contributed by atoms with van der Waals surface area (Å²) in [5, 5.41) is 2.88. The number of nitrogens with zero attached hydrogens (tertiary/aromatic N) is 2. The Kier molecular flexibility index (Phi) is 9.95. The van der Waals surface area contributed by atoms with Crippen molar-refractivity contribution >= 4 is 11.8 Å². The van der Waals surface area contributed by atoms with Gasteiger partial charge in [0.2, 0.25) is 11.8 Å². The van der Waals surface area contributed by atoms with Crippen LogP contribution in [0, 0.1) is 5.92 Å². The van der Waals surface area contributed by atoms with Gasteiger partial charge in [0.15, 0.2) is 0 Å². The van der Waals surface area contributed by atoms with Crippen LogP contribution in [0.4, 0.5) is 0 Å². The second-order valence-electron chi connectivity index (χ2n) is 7.19. The summed E-state index contributed by atoms with van der Waals surface area (Å²) in [6.45, 7) is 13.8. The van der Waals surface area contributed by atoms with Gasteiger partial charge in [0, 0.05) is 53.5 Å². The van der Waals surface area contributed by atoms with E-state index < -0.39 is 0 Å². The number of ether oxygens (including phenoxy) is 1. The molecule has 0 bridgehead atoms. The van der Waals surface area contributed by atoms with Gasteiger partial charge in [0.1, 0.15) is 0 Å². The number of carbonyl (C=O) groups excluding carboxylic acids is 2. The van der Waals surface area contributed by atoms with Gasteiger partial charge in [0.05, 0.1) is 12.7 Å². The maximum atomic E-state index is 12.2. The highest BCUT2D eigenvalue weighted by Gasteiger charge is 2.20. The van der Waals surface area contributed by atoms with Gasteiger partial charge in [-0.2, -0.15) is 0 Å². The predicted molar refractivity (Wildman–Crippen MR) is 97.9 cm³/mol. The third-order valence-corrected chi connectivity index (χ3v) is 4.07. The van der Waals surface area contributed by atoms with Crippen molar-refractivity contribution in [3.05, 3.63) is 0 Å². The molecule has 0 saturated carbocycles. The van der Waals surface area contributed by atoms with E-state index in [1.165, 1.54) is 0 Å². The van der Waals surface area contributed by atoms with Crippen molar-refractivity contribution in [1.29, 1.82) is 0 Å². The largest absolute Gasteiger partial charge is 0.377 e. The molecule has 0 aliphatic carbocycles. The Hall–Kier alpha value is -1.14. The topological polar surface area (TPSA) is 61.9 Å². The molecule has 1 rings (SSSR count). The molecule has 1 aliphatic heterocycles. The molecule has 0 spiro atoms. The zero-order valence-electron chi connectivity index (χ0n) is 15.8. The van der Waals surface area contributed by atoms with Crippen LogP contribution >= 0.6 is 0 Å². The Balaban J connectivity index is 0.00000576. The molecular weight excluding hydrogens is 306 g/mol. The smallest absolute Gasteiger partial charge is 0.222 e. The molecule has 1 fully saturated rings. The minimum absolute atomic E-state index is 0. The molecule has 1 saturated heterocycles. The number of nitrogens with one attached hydrogen (secondary N) is 1. The summed E-state index contributed by atoms with van der Waals surface area (Å²) in [6, 6.07) is 0. The zero-order chi connectivity index (χ0) is 17.9. The van der Waals surface area contributed by atoms with Crippen LogP contribution in [0.15, 0.2) is 0 Å². The Labute approximate surface area is 148 Å². The van der Waals surface area contributed by atoms with E-state index in [0.717, 1.165) is 39.3 Å². The predicted octanol–water partition coefficient (Wildman–Crippen LogP) is 1.74. The van der Waals surface area contributed by atoms with Gasteiger partial charge in [-0.25, -0.2) is 0 Å². The highest BCUT2D eigenvalue weighted by Crippen LogP contribution is 2.05. The number of piperazine rings is 1. The third-order valence-electron chi connectivity index (χ3n) is 4.07. The monoisotopic (exact) mass is 343 g/mol. The normalized spacial score (nSPS) is 16.0. The SMILES string of the molecule is CC(C)CC(=O)NCCCC(=O)N1CCN(CCOC(C)C)CC1.[HH]. The van der Waals surface area contributed by atoms with Crippen molar-refractivity contribution in [2.45, 2.75) is 53.1 Å². The fraction of sp³-hybridized carbons (Fsp3) is 0.889. The molecule has 0 radical (unpaired) electrons. The van der Waals surface area contributed by atoms with Crippen molar-refractivity contribution in [2.75, 3.05) is 45.9 Å². The highest BCUT2D eigenvalue weighted by atomic mass is 16.5. The number of amides is 2. The molecule has 1 N–H and O–H groups in total. The molecule has 142 valence electrons. The van der Waals surface area contributed by atoms with E-state index in [2.05, 4.69) is 10.2 Å². The van der Waals surface area contributed by atoms with Crippen LogP contribution in [0.1, 0.15) is 48.4 Å². The zero-order valence-corrected chi connectivity index (χ0v) is 15.8. The first-order chi connectivity index (χ1) is 11.4. The molecule has 0 aromatic carbocycles. The molecule has 0 atom stereocenters. The van der Waals surface area contributed by atoms with E-state index in [4.69, 9.17) is 4.74 Å². The maximum absolute atomic E-state index is 12.2. The summed E-state index contributed by atoms with van der Waals surface area (Å²) >= 11 is 0. The van der Waals surface area contributed by atoms with Crippen LogP contribution < -0.4 is 5.32 Å². The van der Waals surface area contributed by atoms with Crippen LogP contribution in [0.2, 0.25) is 0 Å². The van der Waals surface area contributed by atoms with Gasteiger partial charge in [-0.15, -0.1) is 0 Å². The average molecular weight is 344 g/mol. The first kappa shape index (κ1) is 20.9. The average Bonchev–Trinajstić information content (AvgIpc) is 2.51. The second-order valence-corrected chi connectivity index (χ2v) is 7.19. The standard InChI is InChI=1S/C18H35N3O3.H2/c1-15(2)14-17(22)19-7-5-6-18(23)21-10-8-20(9-11-21)12-13-24-16(3)4;/h15-16H,5-14H2,1-4H3,(H,19,22);1H. The maximum Gasteiger partial charge on any atom is 0.222 e. The van der Waals surface area contributed by atoms with Crippen LogP contribution in [0.25, 0.3) is 0 Å². The summed E-state index contributed by atoms with van der Waals surface area (Å²) in [7, 11) is 0. The minimum atomic E-state index is 0. The lowest BCUT2D eigenvalue weighted by Crippen LogP contribution is -2.49. The van der Waals surface area contributed by atoms with Gasteiger partial charge in [-0.1, -0.05) is 13.8 Å². The van der Waals surface area contributed by atoms with Crippen molar-refractivity contribution < 1.29 is 15.8 Å². The van der Waals surface area contributed by atoms with Crippen LogP contribution in [0.5, 0.6) is 0 Å². The lowest BCUT2D eigenvalue weighted by atomic mass is 10.1. The number of carbonyl (C=O) groups is 2.